The highest BCUT2D eigenvalue weighted by Crippen LogP contribution is 2.24. The van der Waals surface area contributed by atoms with Gasteiger partial charge in [0.05, 0.1) is 23.3 Å². The quantitative estimate of drug-likeness (QED) is 0.463. The summed E-state index contributed by atoms with van der Waals surface area (Å²) in [5.41, 5.74) is 2.58. The number of nitrogens with zero attached hydrogens (tertiary/aromatic N) is 4. The van der Waals surface area contributed by atoms with Crippen molar-refractivity contribution in [3.63, 3.8) is 0 Å². The Balaban J connectivity index is 1.44. The first-order valence-electron chi connectivity index (χ1n) is 9.80. The molecule has 152 valence electrons. The van der Waals surface area contributed by atoms with Crippen molar-refractivity contribution in [1.29, 1.82) is 0 Å². The lowest BCUT2D eigenvalue weighted by Crippen LogP contribution is -2.33. The van der Waals surface area contributed by atoms with E-state index in [1.54, 1.807) is 18.3 Å². The molecule has 5 aromatic rings. The summed E-state index contributed by atoms with van der Waals surface area (Å²) < 4.78 is 1.21. The second-order valence-corrected chi connectivity index (χ2v) is 7.08. The van der Waals surface area contributed by atoms with Crippen LogP contribution in [0.2, 0.25) is 0 Å². The van der Waals surface area contributed by atoms with Gasteiger partial charge in [-0.1, -0.05) is 48.5 Å². The van der Waals surface area contributed by atoms with Crippen LogP contribution in [0.15, 0.2) is 77.7 Å². The van der Waals surface area contributed by atoms with Crippen molar-refractivity contribution in [3.05, 3.63) is 89.0 Å². The van der Waals surface area contributed by atoms with E-state index in [0.717, 1.165) is 22.0 Å². The molecule has 8 heteroatoms. The monoisotopic (exact) mass is 410 g/mol. The third-order valence-corrected chi connectivity index (χ3v) is 5.08. The van der Waals surface area contributed by atoms with Crippen LogP contribution in [0, 0.1) is 0 Å². The second-order valence-electron chi connectivity index (χ2n) is 7.08. The lowest BCUT2D eigenvalue weighted by molar-refractivity contribution is -0.122. The molecule has 0 fully saturated rings. The zero-order valence-corrected chi connectivity index (χ0v) is 16.4. The second kappa shape index (κ2) is 7.83. The molecule has 0 unspecified atom stereocenters. The van der Waals surface area contributed by atoms with E-state index >= 15 is 0 Å². The maximum atomic E-state index is 13.0. The third kappa shape index (κ3) is 3.55. The number of H-pyrrole nitrogens is 1. The highest BCUT2D eigenvalue weighted by molar-refractivity contribution is 5.93. The lowest BCUT2D eigenvalue weighted by Gasteiger charge is -2.11. The van der Waals surface area contributed by atoms with Crippen LogP contribution < -0.4 is 10.9 Å². The fourth-order valence-electron chi connectivity index (χ4n) is 3.57. The molecule has 0 atom stereocenters. The molecule has 0 bridgehead atoms. The Bertz CT molecular complexity index is 1460. The van der Waals surface area contributed by atoms with Crippen LogP contribution in [0.4, 0.5) is 0 Å². The Morgan fingerprint density at radius 1 is 0.935 bits per heavy atom. The summed E-state index contributed by atoms with van der Waals surface area (Å²) in [5, 5.41) is 16.5. The first-order valence-corrected chi connectivity index (χ1v) is 9.80. The van der Waals surface area contributed by atoms with Gasteiger partial charge >= 0.3 is 0 Å². The summed E-state index contributed by atoms with van der Waals surface area (Å²) in [6.45, 7) is 0.0583. The number of nitrogens with one attached hydrogen (secondary N) is 2. The van der Waals surface area contributed by atoms with Crippen molar-refractivity contribution in [3.8, 4) is 11.3 Å². The number of carbonyl (C=O) groups is 1. The molecule has 0 aliphatic heterocycles. The fourth-order valence-corrected chi connectivity index (χ4v) is 3.57. The first kappa shape index (κ1) is 18.7. The summed E-state index contributed by atoms with van der Waals surface area (Å²) in [6.07, 6.45) is 1.66. The van der Waals surface area contributed by atoms with Crippen molar-refractivity contribution < 1.29 is 4.79 Å². The number of aromatic amines is 1. The Hall–Kier alpha value is -4.33. The lowest BCUT2D eigenvalue weighted by atomic mass is 10.1. The van der Waals surface area contributed by atoms with E-state index in [1.807, 2.05) is 54.6 Å². The van der Waals surface area contributed by atoms with E-state index in [9.17, 15) is 9.59 Å². The van der Waals surface area contributed by atoms with Gasteiger partial charge in [0.2, 0.25) is 5.91 Å². The summed E-state index contributed by atoms with van der Waals surface area (Å²) in [7, 11) is 0. The fraction of sp³-hybridized carbons (Fsp3) is 0.0870. The minimum Gasteiger partial charge on any atom is -0.349 e. The summed E-state index contributed by atoms with van der Waals surface area (Å²) in [5.74, 6) is -0.324. The van der Waals surface area contributed by atoms with E-state index in [4.69, 9.17) is 0 Å². The number of hydrogen-bond acceptors (Lipinski definition) is 5. The number of fused-ring (bicyclic) bond motifs is 2. The van der Waals surface area contributed by atoms with Gasteiger partial charge < -0.3 is 5.32 Å². The molecular weight excluding hydrogens is 392 g/mol. The Morgan fingerprint density at radius 2 is 1.68 bits per heavy atom. The van der Waals surface area contributed by atoms with E-state index in [-0.39, 0.29) is 24.6 Å². The average molecular weight is 410 g/mol. The van der Waals surface area contributed by atoms with E-state index in [2.05, 4.69) is 25.6 Å². The number of pyridine rings is 1. The predicted molar refractivity (Wildman–Crippen MR) is 117 cm³/mol. The number of aromatic nitrogens is 5. The van der Waals surface area contributed by atoms with Crippen LogP contribution in [-0.4, -0.2) is 30.9 Å². The molecule has 2 N–H and O–H groups in total. The highest BCUT2D eigenvalue weighted by atomic mass is 16.2. The van der Waals surface area contributed by atoms with Crippen LogP contribution in [0.25, 0.3) is 33.1 Å². The summed E-state index contributed by atoms with van der Waals surface area (Å²) in [4.78, 5) is 29.7. The van der Waals surface area contributed by atoms with Crippen LogP contribution in [0.5, 0.6) is 0 Å². The third-order valence-electron chi connectivity index (χ3n) is 5.08. The van der Waals surface area contributed by atoms with Crippen molar-refractivity contribution in [2.24, 2.45) is 0 Å². The van der Waals surface area contributed by atoms with E-state index < -0.39 is 0 Å². The number of benzene rings is 2. The molecule has 0 radical (unpaired) electrons. The van der Waals surface area contributed by atoms with Crippen LogP contribution in [0.1, 0.15) is 5.69 Å². The summed E-state index contributed by atoms with van der Waals surface area (Å²) >= 11 is 0. The van der Waals surface area contributed by atoms with Gasteiger partial charge in [-0.05, 0) is 18.2 Å². The Morgan fingerprint density at radius 3 is 2.52 bits per heavy atom. The molecule has 3 heterocycles. The van der Waals surface area contributed by atoms with Gasteiger partial charge in [-0.3, -0.25) is 14.7 Å². The molecule has 0 saturated carbocycles. The maximum absolute atomic E-state index is 13.0. The molecule has 0 spiro atoms. The Labute approximate surface area is 176 Å². The van der Waals surface area contributed by atoms with Crippen LogP contribution >= 0.6 is 0 Å². The van der Waals surface area contributed by atoms with Gasteiger partial charge in [-0.25, -0.2) is 9.67 Å². The molecule has 0 saturated heterocycles. The van der Waals surface area contributed by atoms with Crippen molar-refractivity contribution in [1.82, 2.24) is 30.3 Å². The Kier molecular flexibility index (Phi) is 4.72. The minimum atomic E-state index is -0.324. The van der Waals surface area contributed by atoms with Crippen molar-refractivity contribution >= 4 is 27.7 Å². The number of carbonyl (C=O) groups excluding carboxylic acids is 1. The smallest absolute Gasteiger partial charge is 0.275 e. The molecule has 31 heavy (non-hydrogen) atoms. The SMILES string of the molecule is O=C(Cn1nc(-c2ccccc2)c2ccccc2c1=O)NCc1[nH]nc2ncccc12. The van der Waals surface area contributed by atoms with Gasteiger partial charge in [0.15, 0.2) is 5.65 Å². The van der Waals surface area contributed by atoms with Crippen LogP contribution in [0.3, 0.4) is 0 Å². The topological polar surface area (TPSA) is 106 Å². The molecular formula is C23H18N6O2. The standard InChI is InChI=1S/C23H18N6O2/c30-20(25-13-19-18-11-6-12-24-22(18)27-26-19)14-29-23(31)17-10-5-4-9-16(17)21(28-29)15-7-2-1-3-8-15/h1-12H,13-14H2,(H,25,30)(H,24,26,27). The maximum Gasteiger partial charge on any atom is 0.275 e. The van der Waals surface area contributed by atoms with Gasteiger partial charge in [0.25, 0.3) is 5.56 Å². The van der Waals surface area contributed by atoms with Gasteiger partial charge in [-0.15, -0.1) is 0 Å². The molecule has 8 nitrogen and oxygen atoms in total. The minimum absolute atomic E-state index is 0.187. The number of hydrogen-bond donors (Lipinski definition) is 2. The largest absolute Gasteiger partial charge is 0.349 e. The summed E-state index contributed by atoms with van der Waals surface area (Å²) in [6, 6.07) is 20.6. The van der Waals surface area contributed by atoms with Crippen molar-refractivity contribution in [2.45, 2.75) is 13.1 Å². The molecule has 5 rings (SSSR count). The molecule has 1 amide bonds. The normalized spacial score (nSPS) is 11.1. The highest BCUT2D eigenvalue weighted by Gasteiger charge is 2.14. The average Bonchev–Trinajstić information content (AvgIpc) is 3.23. The number of rotatable bonds is 5. The first-order chi connectivity index (χ1) is 15.2. The van der Waals surface area contributed by atoms with Gasteiger partial charge in [0, 0.05) is 22.5 Å². The molecule has 3 aromatic heterocycles. The zero-order valence-electron chi connectivity index (χ0n) is 16.4. The zero-order chi connectivity index (χ0) is 21.2. The van der Waals surface area contributed by atoms with Gasteiger partial charge in [-0.2, -0.15) is 10.2 Å². The number of amides is 1. The van der Waals surface area contributed by atoms with Gasteiger partial charge in [0.1, 0.15) is 6.54 Å². The van der Waals surface area contributed by atoms with E-state index in [0.29, 0.717) is 16.7 Å². The van der Waals surface area contributed by atoms with Crippen LogP contribution in [-0.2, 0) is 17.9 Å². The van der Waals surface area contributed by atoms with Crippen molar-refractivity contribution in [2.75, 3.05) is 0 Å². The molecule has 0 aliphatic carbocycles. The molecule has 0 aliphatic rings. The molecule has 2 aromatic carbocycles. The predicted octanol–water partition coefficient (Wildman–Crippen LogP) is 2.65. The van der Waals surface area contributed by atoms with E-state index in [1.165, 1.54) is 4.68 Å².